The van der Waals surface area contributed by atoms with Crippen LogP contribution >= 0.6 is 23.5 Å². The molecular formula is C15H19N3O5S2. The molecule has 3 amide bonds. The zero-order chi connectivity index (χ0) is 18.8. The molecular weight excluding hydrogens is 366 g/mol. The van der Waals surface area contributed by atoms with Crippen molar-refractivity contribution in [1.29, 1.82) is 0 Å². The van der Waals surface area contributed by atoms with Gasteiger partial charge >= 0.3 is 0 Å². The fraction of sp³-hybridized carbons (Fsp3) is 0.333. The van der Waals surface area contributed by atoms with E-state index >= 15 is 0 Å². The SMILES string of the molecule is CSC(=O)c1ccc(SCC(NC(=O)CNC(C)=O)C(=O)NO)cc1. The lowest BCUT2D eigenvalue weighted by Crippen LogP contribution is -2.50. The molecule has 0 saturated heterocycles. The van der Waals surface area contributed by atoms with E-state index in [9.17, 15) is 19.2 Å². The van der Waals surface area contributed by atoms with Crippen LogP contribution in [0.3, 0.4) is 0 Å². The van der Waals surface area contributed by atoms with Gasteiger partial charge in [-0.2, -0.15) is 0 Å². The zero-order valence-corrected chi connectivity index (χ0v) is 15.3. The molecule has 8 nitrogen and oxygen atoms in total. The average molecular weight is 385 g/mol. The zero-order valence-electron chi connectivity index (χ0n) is 13.7. The standard InChI is InChI=1S/C15H19N3O5S2/c1-9(19)16-7-13(20)17-12(14(21)18-23)8-25-11-5-3-10(4-6-11)15(22)24-2/h3-6,12,23H,7-8H2,1-2H3,(H,16,19)(H,17,20)(H,18,21). The highest BCUT2D eigenvalue weighted by Gasteiger charge is 2.20. The molecule has 1 unspecified atom stereocenters. The van der Waals surface area contributed by atoms with Crippen LogP contribution in [0.1, 0.15) is 17.3 Å². The van der Waals surface area contributed by atoms with Crippen LogP contribution in [0, 0.1) is 0 Å². The van der Waals surface area contributed by atoms with Crippen molar-refractivity contribution in [2.75, 3.05) is 18.6 Å². The minimum absolute atomic E-state index is 0.0423. The van der Waals surface area contributed by atoms with Crippen molar-refractivity contribution in [3.8, 4) is 0 Å². The topological polar surface area (TPSA) is 125 Å². The first kappa shape index (κ1) is 21.0. The van der Waals surface area contributed by atoms with E-state index in [0.717, 1.165) is 16.7 Å². The molecule has 0 aliphatic carbocycles. The lowest BCUT2D eigenvalue weighted by Gasteiger charge is -2.16. The molecule has 0 saturated carbocycles. The second-order valence-electron chi connectivity index (χ2n) is 4.83. The predicted molar refractivity (Wildman–Crippen MR) is 95.6 cm³/mol. The van der Waals surface area contributed by atoms with Gasteiger partial charge in [0.15, 0.2) is 0 Å². The summed E-state index contributed by atoms with van der Waals surface area (Å²) >= 11 is 2.39. The van der Waals surface area contributed by atoms with Crippen LogP contribution in [-0.4, -0.2) is 52.6 Å². The van der Waals surface area contributed by atoms with E-state index in [1.54, 1.807) is 30.5 Å². The maximum Gasteiger partial charge on any atom is 0.266 e. The molecule has 0 fully saturated rings. The summed E-state index contributed by atoms with van der Waals surface area (Å²) < 4.78 is 0. The number of carbonyl (C=O) groups excluding carboxylic acids is 4. The molecule has 10 heteroatoms. The Labute approximate surface area is 153 Å². The Morgan fingerprint density at radius 3 is 2.32 bits per heavy atom. The highest BCUT2D eigenvalue weighted by atomic mass is 32.2. The van der Waals surface area contributed by atoms with Gasteiger partial charge in [0.1, 0.15) is 6.04 Å². The Morgan fingerprint density at radius 1 is 1.16 bits per heavy atom. The normalized spacial score (nSPS) is 11.3. The molecule has 4 N–H and O–H groups in total. The van der Waals surface area contributed by atoms with E-state index < -0.39 is 17.9 Å². The van der Waals surface area contributed by atoms with E-state index in [2.05, 4.69) is 10.6 Å². The number of rotatable bonds is 8. The highest BCUT2D eigenvalue weighted by molar-refractivity contribution is 8.13. The van der Waals surface area contributed by atoms with Crippen LogP contribution in [0.4, 0.5) is 0 Å². The first-order chi connectivity index (χ1) is 11.9. The van der Waals surface area contributed by atoms with Crippen LogP contribution in [0.2, 0.25) is 0 Å². The number of hydrogen-bond acceptors (Lipinski definition) is 7. The Hall–Kier alpha value is -2.04. The van der Waals surface area contributed by atoms with Crippen molar-refractivity contribution < 1.29 is 24.4 Å². The Balaban J connectivity index is 2.63. The Kier molecular flexibility index (Phi) is 9.03. The molecule has 0 aliphatic rings. The summed E-state index contributed by atoms with van der Waals surface area (Å²) in [5.74, 6) is -1.52. The van der Waals surface area contributed by atoms with Crippen molar-refractivity contribution in [3.05, 3.63) is 29.8 Å². The van der Waals surface area contributed by atoms with Crippen molar-refractivity contribution in [2.45, 2.75) is 17.9 Å². The maximum atomic E-state index is 11.7. The first-order valence-corrected chi connectivity index (χ1v) is 9.37. The van der Waals surface area contributed by atoms with E-state index in [1.807, 2.05) is 0 Å². The summed E-state index contributed by atoms with van der Waals surface area (Å²) in [5, 5.41) is 13.5. The second-order valence-corrected chi connectivity index (χ2v) is 6.71. The monoisotopic (exact) mass is 385 g/mol. The van der Waals surface area contributed by atoms with Crippen molar-refractivity contribution >= 4 is 46.4 Å². The molecule has 0 aliphatic heterocycles. The number of amides is 3. The van der Waals surface area contributed by atoms with Crippen molar-refractivity contribution in [1.82, 2.24) is 16.1 Å². The van der Waals surface area contributed by atoms with Gasteiger partial charge < -0.3 is 10.6 Å². The second kappa shape index (κ2) is 10.7. The summed E-state index contributed by atoms with van der Waals surface area (Å²) in [6.07, 6.45) is 1.70. The van der Waals surface area contributed by atoms with Crippen LogP contribution in [0.25, 0.3) is 0 Å². The van der Waals surface area contributed by atoms with Crippen LogP contribution in [0.5, 0.6) is 0 Å². The average Bonchev–Trinajstić information content (AvgIpc) is 2.62. The summed E-state index contributed by atoms with van der Waals surface area (Å²) in [6, 6.07) is 5.85. The number of carbonyl (C=O) groups is 4. The van der Waals surface area contributed by atoms with Crippen LogP contribution < -0.4 is 16.1 Å². The van der Waals surface area contributed by atoms with Gasteiger partial charge in [-0.15, -0.1) is 11.8 Å². The largest absolute Gasteiger partial charge is 0.347 e. The fourth-order valence-corrected chi connectivity index (χ4v) is 2.99. The van der Waals surface area contributed by atoms with E-state index in [4.69, 9.17) is 5.21 Å². The van der Waals surface area contributed by atoms with Gasteiger partial charge in [0.05, 0.1) is 6.54 Å². The summed E-state index contributed by atoms with van der Waals surface area (Å²) in [7, 11) is 0. The smallest absolute Gasteiger partial charge is 0.266 e. The van der Waals surface area contributed by atoms with Crippen LogP contribution in [0.15, 0.2) is 29.2 Å². The Bertz CT molecular complexity index is 637. The van der Waals surface area contributed by atoms with Crippen molar-refractivity contribution in [2.24, 2.45) is 0 Å². The van der Waals surface area contributed by atoms with Gasteiger partial charge in [-0.3, -0.25) is 24.4 Å². The van der Waals surface area contributed by atoms with Gasteiger partial charge in [-0.05, 0) is 30.5 Å². The third-order valence-corrected chi connectivity index (χ3v) is 4.66. The number of hydroxylamine groups is 1. The van der Waals surface area contributed by atoms with E-state index in [-0.39, 0.29) is 23.3 Å². The summed E-state index contributed by atoms with van der Waals surface area (Å²) in [5.41, 5.74) is 2.08. The quantitative estimate of drug-likeness (QED) is 0.290. The van der Waals surface area contributed by atoms with Crippen LogP contribution in [-0.2, 0) is 14.4 Å². The molecule has 1 atom stereocenters. The first-order valence-electron chi connectivity index (χ1n) is 7.16. The van der Waals surface area contributed by atoms with Gasteiger partial charge in [0.25, 0.3) is 5.91 Å². The van der Waals surface area contributed by atoms with E-state index in [0.29, 0.717) is 5.56 Å². The van der Waals surface area contributed by atoms with E-state index in [1.165, 1.54) is 24.2 Å². The third kappa shape index (κ3) is 7.59. The van der Waals surface area contributed by atoms with Gasteiger partial charge in [0.2, 0.25) is 16.9 Å². The third-order valence-electron chi connectivity index (χ3n) is 2.95. The number of nitrogens with one attached hydrogen (secondary N) is 3. The summed E-state index contributed by atoms with van der Waals surface area (Å²) in [6.45, 7) is 1.01. The predicted octanol–water partition coefficient (Wildman–Crippen LogP) is 0.408. The number of hydrogen-bond donors (Lipinski definition) is 4. The Morgan fingerprint density at radius 2 is 1.80 bits per heavy atom. The van der Waals surface area contributed by atoms with Gasteiger partial charge in [0, 0.05) is 23.1 Å². The molecule has 0 radical (unpaired) electrons. The van der Waals surface area contributed by atoms with Gasteiger partial charge in [-0.25, -0.2) is 5.48 Å². The molecule has 1 aromatic rings. The molecule has 136 valence electrons. The molecule has 0 spiro atoms. The molecule has 1 aromatic carbocycles. The summed E-state index contributed by atoms with van der Waals surface area (Å²) in [4.78, 5) is 46.5. The lowest BCUT2D eigenvalue weighted by atomic mass is 10.2. The number of benzene rings is 1. The van der Waals surface area contributed by atoms with Crippen molar-refractivity contribution in [3.63, 3.8) is 0 Å². The van der Waals surface area contributed by atoms with Gasteiger partial charge in [-0.1, -0.05) is 11.8 Å². The molecule has 0 aromatic heterocycles. The lowest BCUT2D eigenvalue weighted by molar-refractivity contribution is -0.134. The maximum absolute atomic E-state index is 11.7. The molecule has 25 heavy (non-hydrogen) atoms. The molecule has 1 rings (SSSR count). The molecule has 0 heterocycles. The highest BCUT2D eigenvalue weighted by Crippen LogP contribution is 2.20. The molecule has 0 bridgehead atoms. The number of thioether (sulfide) groups is 2. The fourth-order valence-electron chi connectivity index (χ4n) is 1.70. The minimum atomic E-state index is -0.983. The minimum Gasteiger partial charge on any atom is -0.347 e.